The Morgan fingerprint density at radius 2 is 1.78 bits per heavy atom. The van der Waals surface area contributed by atoms with E-state index in [9.17, 15) is 0 Å². The van der Waals surface area contributed by atoms with Crippen LogP contribution in [0.3, 0.4) is 0 Å². The summed E-state index contributed by atoms with van der Waals surface area (Å²) in [4.78, 5) is 2.66. The molecule has 4 rings (SSSR count). The van der Waals surface area contributed by atoms with E-state index in [1.165, 1.54) is 64.6 Å². The first-order valence-electron chi connectivity index (χ1n) is 8.11. The van der Waals surface area contributed by atoms with Crippen molar-refractivity contribution in [3.63, 3.8) is 0 Å². The molecule has 2 unspecified atom stereocenters. The van der Waals surface area contributed by atoms with Crippen LogP contribution in [0.15, 0.2) is 0 Å². The van der Waals surface area contributed by atoms with Gasteiger partial charge in [-0.05, 0) is 62.9 Å². The van der Waals surface area contributed by atoms with E-state index in [1.807, 2.05) is 0 Å². The Labute approximate surface area is 113 Å². The molecule has 3 saturated heterocycles. The molecule has 0 aromatic heterocycles. The Hall–Kier alpha value is -0.0800. The lowest BCUT2D eigenvalue weighted by Crippen LogP contribution is -2.58. The molecule has 18 heavy (non-hydrogen) atoms. The summed E-state index contributed by atoms with van der Waals surface area (Å²) in [6.45, 7) is 8.94. The van der Waals surface area contributed by atoms with Crippen LogP contribution in [0.1, 0.15) is 58.8 Å². The number of piperidine rings is 3. The number of rotatable bonds is 2. The van der Waals surface area contributed by atoms with Gasteiger partial charge in [0.05, 0.1) is 0 Å². The molecule has 0 amide bonds. The summed E-state index contributed by atoms with van der Waals surface area (Å²) in [7, 11) is 0. The lowest BCUT2D eigenvalue weighted by atomic mass is 9.83. The van der Waals surface area contributed by atoms with Gasteiger partial charge in [0.15, 0.2) is 0 Å². The molecule has 104 valence electrons. The van der Waals surface area contributed by atoms with Crippen LogP contribution in [0.25, 0.3) is 0 Å². The second-order valence-electron chi connectivity index (χ2n) is 7.70. The number of hydrogen-bond donors (Lipinski definition) is 1. The van der Waals surface area contributed by atoms with Gasteiger partial charge in [-0.1, -0.05) is 20.3 Å². The average molecular weight is 250 g/mol. The van der Waals surface area contributed by atoms with Crippen LogP contribution in [-0.2, 0) is 0 Å². The van der Waals surface area contributed by atoms with Gasteiger partial charge in [-0.15, -0.1) is 0 Å². The van der Waals surface area contributed by atoms with Gasteiger partial charge in [0.1, 0.15) is 0 Å². The van der Waals surface area contributed by atoms with Crippen molar-refractivity contribution < 1.29 is 0 Å². The minimum atomic E-state index is 0.589. The molecule has 3 heterocycles. The van der Waals surface area contributed by atoms with Crippen LogP contribution in [0.4, 0.5) is 0 Å². The summed E-state index contributed by atoms with van der Waals surface area (Å²) in [5.41, 5.74) is 0.589. The van der Waals surface area contributed by atoms with Crippen LogP contribution in [0, 0.1) is 11.3 Å². The Morgan fingerprint density at radius 1 is 1.00 bits per heavy atom. The maximum absolute atomic E-state index is 4.03. The van der Waals surface area contributed by atoms with E-state index in [1.54, 1.807) is 0 Å². The fourth-order valence-corrected chi connectivity index (χ4v) is 4.28. The maximum atomic E-state index is 4.03. The summed E-state index contributed by atoms with van der Waals surface area (Å²) < 4.78 is 0. The van der Waals surface area contributed by atoms with Gasteiger partial charge in [0, 0.05) is 18.6 Å². The second kappa shape index (κ2) is 5.13. The van der Waals surface area contributed by atoms with Gasteiger partial charge in [-0.3, -0.25) is 0 Å². The molecule has 1 N–H and O–H groups in total. The molecule has 1 saturated carbocycles. The average Bonchev–Trinajstić information content (AvgIpc) is 2.53. The highest BCUT2D eigenvalue weighted by Crippen LogP contribution is 2.35. The van der Waals surface area contributed by atoms with Gasteiger partial charge in [-0.25, -0.2) is 0 Å². The number of nitrogens with zero attached hydrogens (tertiary/aromatic N) is 1. The lowest BCUT2D eigenvalue weighted by molar-refractivity contribution is 0.0657. The molecule has 4 fully saturated rings. The van der Waals surface area contributed by atoms with Crippen LogP contribution in [-0.4, -0.2) is 36.6 Å². The molecule has 0 spiro atoms. The molecular formula is C16H30N2. The largest absolute Gasteiger partial charge is 0.310 e. The van der Waals surface area contributed by atoms with Crippen LogP contribution < -0.4 is 5.32 Å². The zero-order valence-electron chi connectivity index (χ0n) is 12.3. The first-order chi connectivity index (χ1) is 8.62. The van der Waals surface area contributed by atoms with Gasteiger partial charge < -0.3 is 10.2 Å². The van der Waals surface area contributed by atoms with E-state index >= 15 is 0 Å². The summed E-state index contributed by atoms with van der Waals surface area (Å²) in [5, 5.41) is 4.03. The van der Waals surface area contributed by atoms with E-state index < -0.39 is 0 Å². The van der Waals surface area contributed by atoms with E-state index in [4.69, 9.17) is 0 Å². The standard InChI is InChI=1S/C16H30N2/c1-16(2)8-3-4-14(5-9-16)17-15-12-18-10-6-13(15)7-11-18/h13-15,17H,3-12H2,1-2H3. The van der Waals surface area contributed by atoms with Crippen molar-refractivity contribution in [3.05, 3.63) is 0 Å². The molecule has 0 aromatic carbocycles. The molecular weight excluding hydrogens is 220 g/mol. The zero-order valence-corrected chi connectivity index (χ0v) is 12.3. The molecule has 2 bridgehead atoms. The first-order valence-corrected chi connectivity index (χ1v) is 8.11. The van der Waals surface area contributed by atoms with Crippen LogP contribution in [0.5, 0.6) is 0 Å². The van der Waals surface area contributed by atoms with E-state index in [2.05, 4.69) is 24.1 Å². The topological polar surface area (TPSA) is 15.3 Å². The monoisotopic (exact) mass is 250 g/mol. The number of nitrogens with one attached hydrogen (secondary N) is 1. The van der Waals surface area contributed by atoms with Crippen molar-refractivity contribution in [2.75, 3.05) is 19.6 Å². The SMILES string of the molecule is CC1(C)CCCC(NC2CN3CCC2CC3)CC1. The Balaban J connectivity index is 1.53. The fourth-order valence-electron chi connectivity index (χ4n) is 4.28. The minimum Gasteiger partial charge on any atom is -0.310 e. The zero-order chi connectivity index (χ0) is 12.6. The maximum Gasteiger partial charge on any atom is 0.0226 e. The Kier molecular flexibility index (Phi) is 3.68. The number of fused-ring (bicyclic) bond motifs is 3. The van der Waals surface area contributed by atoms with Crippen LogP contribution >= 0.6 is 0 Å². The van der Waals surface area contributed by atoms with Crippen molar-refractivity contribution in [1.82, 2.24) is 10.2 Å². The lowest BCUT2D eigenvalue weighted by Gasteiger charge is -2.46. The summed E-state index contributed by atoms with van der Waals surface area (Å²) >= 11 is 0. The summed E-state index contributed by atoms with van der Waals surface area (Å²) in [6, 6.07) is 1.61. The fraction of sp³-hybridized carbons (Fsp3) is 1.00. The van der Waals surface area contributed by atoms with Crippen molar-refractivity contribution in [1.29, 1.82) is 0 Å². The summed E-state index contributed by atoms with van der Waals surface area (Å²) in [5.74, 6) is 0.978. The quantitative estimate of drug-likeness (QED) is 0.758. The highest BCUT2D eigenvalue weighted by molar-refractivity contribution is 4.93. The van der Waals surface area contributed by atoms with Crippen molar-refractivity contribution in [2.45, 2.75) is 70.9 Å². The van der Waals surface area contributed by atoms with E-state index in [-0.39, 0.29) is 0 Å². The summed E-state index contributed by atoms with van der Waals surface area (Å²) in [6.07, 6.45) is 9.94. The van der Waals surface area contributed by atoms with Gasteiger partial charge in [0.2, 0.25) is 0 Å². The van der Waals surface area contributed by atoms with Crippen molar-refractivity contribution in [2.24, 2.45) is 11.3 Å². The molecule has 0 radical (unpaired) electrons. The third kappa shape index (κ3) is 2.91. The smallest absolute Gasteiger partial charge is 0.0226 e. The highest BCUT2D eigenvalue weighted by atomic mass is 15.2. The minimum absolute atomic E-state index is 0.589. The predicted octanol–water partition coefficient (Wildman–Crippen LogP) is 3.03. The highest BCUT2D eigenvalue weighted by Gasteiger charge is 2.35. The molecule has 2 heteroatoms. The van der Waals surface area contributed by atoms with Gasteiger partial charge >= 0.3 is 0 Å². The predicted molar refractivity (Wildman–Crippen MR) is 76.7 cm³/mol. The van der Waals surface area contributed by atoms with Gasteiger partial charge in [0.25, 0.3) is 0 Å². The van der Waals surface area contributed by atoms with Crippen LogP contribution in [0.2, 0.25) is 0 Å². The van der Waals surface area contributed by atoms with E-state index in [0.29, 0.717) is 5.41 Å². The third-order valence-electron chi connectivity index (χ3n) is 5.68. The molecule has 2 nitrogen and oxygen atoms in total. The molecule has 0 aromatic rings. The molecule has 4 aliphatic rings. The molecule has 1 aliphatic carbocycles. The van der Waals surface area contributed by atoms with Gasteiger partial charge in [-0.2, -0.15) is 0 Å². The number of hydrogen-bond acceptors (Lipinski definition) is 2. The van der Waals surface area contributed by atoms with Crippen molar-refractivity contribution in [3.8, 4) is 0 Å². The Morgan fingerprint density at radius 3 is 2.44 bits per heavy atom. The molecule has 3 aliphatic heterocycles. The first kappa shape index (κ1) is 12.9. The van der Waals surface area contributed by atoms with Crippen molar-refractivity contribution >= 4 is 0 Å². The normalized spacial score (nSPS) is 43.7. The molecule has 2 atom stereocenters. The Bertz CT molecular complexity index is 279. The third-order valence-corrected chi connectivity index (χ3v) is 5.68. The van der Waals surface area contributed by atoms with E-state index in [0.717, 1.165) is 18.0 Å². The second-order valence-corrected chi connectivity index (χ2v) is 7.70.